The number of esters is 1. The molecule has 0 fully saturated rings. The van der Waals surface area contributed by atoms with E-state index in [1.807, 2.05) is 21.1 Å². The standard InChI is InChI=1S/C28H56NO7P/c1-6-7-8-9-10-11-12-13-14-15-16-17-18-19-20-21-23-33-25-28(36-27(2)30)26-35-37(31,32)34-24-22-29(3,4)5/h12-13,28H,6-11,14-26H2,1-5H3/p+1/b13-12+/t28-/m1/s1. The first-order valence-corrected chi connectivity index (χ1v) is 15.9. The van der Waals surface area contributed by atoms with E-state index in [4.69, 9.17) is 18.5 Å². The van der Waals surface area contributed by atoms with Crippen molar-refractivity contribution in [2.45, 2.75) is 110 Å². The number of hydrogen-bond donors (Lipinski definition) is 1. The number of hydrogen-bond acceptors (Lipinski definition) is 6. The molecule has 37 heavy (non-hydrogen) atoms. The second-order valence-corrected chi connectivity index (χ2v) is 12.3. The van der Waals surface area contributed by atoms with Crippen LogP contribution >= 0.6 is 7.82 Å². The Morgan fingerprint density at radius 3 is 1.89 bits per heavy atom. The number of rotatable bonds is 26. The first kappa shape index (κ1) is 36.2. The van der Waals surface area contributed by atoms with E-state index in [1.54, 1.807) is 0 Å². The van der Waals surface area contributed by atoms with Gasteiger partial charge in [0.25, 0.3) is 0 Å². The van der Waals surface area contributed by atoms with Gasteiger partial charge in [0.05, 0.1) is 34.4 Å². The number of ether oxygens (including phenoxy) is 2. The average molecular weight is 551 g/mol. The molecule has 1 unspecified atom stereocenters. The van der Waals surface area contributed by atoms with E-state index in [-0.39, 0.29) is 19.8 Å². The minimum atomic E-state index is -4.21. The van der Waals surface area contributed by atoms with E-state index >= 15 is 0 Å². The van der Waals surface area contributed by atoms with Crippen molar-refractivity contribution >= 4 is 13.8 Å². The fraction of sp³-hybridized carbons (Fsp3) is 0.893. The van der Waals surface area contributed by atoms with Gasteiger partial charge in [0, 0.05) is 13.5 Å². The normalized spacial score (nSPS) is 14.6. The summed E-state index contributed by atoms with van der Waals surface area (Å²) in [5.74, 6) is -0.492. The highest BCUT2D eigenvalue weighted by Gasteiger charge is 2.25. The van der Waals surface area contributed by atoms with Crippen LogP contribution in [-0.4, -0.2) is 75.6 Å². The van der Waals surface area contributed by atoms with E-state index in [0.717, 1.165) is 12.8 Å². The SMILES string of the molecule is CCCCCCC/C=C/CCCCCCCCCOC[C@H](COP(=O)(O)OCC[N+](C)(C)C)OC(C)=O. The summed E-state index contributed by atoms with van der Waals surface area (Å²) >= 11 is 0. The number of carbonyl (C=O) groups excluding carboxylic acids is 1. The summed E-state index contributed by atoms with van der Waals surface area (Å²) in [6.45, 7) is 4.59. The Morgan fingerprint density at radius 2 is 1.35 bits per heavy atom. The summed E-state index contributed by atoms with van der Waals surface area (Å²) in [5.41, 5.74) is 0. The van der Waals surface area contributed by atoms with Gasteiger partial charge in [-0.3, -0.25) is 13.8 Å². The summed E-state index contributed by atoms with van der Waals surface area (Å²) < 4.78 is 33.4. The van der Waals surface area contributed by atoms with E-state index in [9.17, 15) is 14.3 Å². The van der Waals surface area contributed by atoms with Crippen LogP contribution in [0.15, 0.2) is 12.2 Å². The molecule has 8 nitrogen and oxygen atoms in total. The van der Waals surface area contributed by atoms with Crippen LogP contribution in [0.3, 0.4) is 0 Å². The van der Waals surface area contributed by atoms with Crippen molar-refractivity contribution in [3.63, 3.8) is 0 Å². The molecule has 1 N–H and O–H groups in total. The zero-order chi connectivity index (χ0) is 27.8. The third-order valence-corrected chi connectivity index (χ3v) is 6.86. The van der Waals surface area contributed by atoms with E-state index in [0.29, 0.717) is 17.6 Å². The summed E-state index contributed by atoms with van der Waals surface area (Å²) in [6, 6.07) is 0. The summed E-state index contributed by atoms with van der Waals surface area (Å²) in [6.07, 6.45) is 21.4. The van der Waals surface area contributed by atoms with Crippen molar-refractivity contribution in [1.29, 1.82) is 0 Å². The van der Waals surface area contributed by atoms with Gasteiger partial charge >= 0.3 is 13.8 Å². The highest BCUT2D eigenvalue weighted by Crippen LogP contribution is 2.43. The van der Waals surface area contributed by atoms with Crippen molar-refractivity contribution in [3.05, 3.63) is 12.2 Å². The van der Waals surface area contributed by atoms with Gasteiger partial charge in [-0.1, -0.05) is 76.9 Å². The van der Waals surface area contributed by atoms with Crippen molar-refractivity contribution in [2.24, 2.45) is 0 Å². The van der Waals surface area contributed by atoms with E-state index in [1.165, 1.54) is 84.0 Å². The Labute approximate surface area is 227 Å². The number of phosphoric ester groups is 1. The first-order valence-electron chi connectivity index (χ1n) is 14.4. The second-order valence-electron chi connectivity index (χ2n) is 10.9. The number of allylic oxidation sites excluding steroid dienone is 2. The zero-order valence-corrected chi connectivity index (χ0v) is 25.4. The smallest absolute Gasteiger partial charge is 0.458 e. The lowest BCUT2D eigenvalue weighted by molar-refractivity contribution is -0.870. The Kier molecular flexibility index (Phi) is 22.7. The molecule has 0 amide bonds. The maximum Gasteiger partial charge on any atom is 0.472 e. The molecule has 0 aromatic rings. The predicted molar refractivity (Wildman–Crippen MR) is 150 cm³/mol. The molecule has 220 valence electrons. The Balaban J connectivity index is 3.77. The molecule has 0 aromatic carbocycles. The molecule has 0 aromatic heterocycles. The second kappa shape index (κ2) is 23.2. The molecule has 0 radical (unpaired) electrons. The molecule has 2 atom stereocenters. The molecule has 0 saturated heterocycles. The minimum Gasteiger partial charge on any atom is -0.458 e. The Bertz CT molecular complexity index is 622. The average Bonchev–Trinajstić information content (AvgIpc) is 2.80. The van der Waals surface area contributed by atoms with Crippen LogP contribution < -0.4 is 0 Å². The lowest BCUT2D eigenvalue weighted by Gasteiger charge is -2.24. The Hall–Kier alpha value is -0.760. The van der Waals surface area contributed by atoms with Gasteiger partial charge < -0.3 is 18.9 Å². The predicted octanol–water partition coefficient (Wildman–Crippen LogP) is 6.81. The van der Waals surface area contributed by atoms with Crippen LogP contribution in [0.5, 0.6) is 0 Å². The largest absolute Gasteiger partial charge is 0.472 e. The van der Waals surface area contributed by atoms with Crippen LogP contribution in [-0.2, 0) is 27.9 Å². The molecule has 9 heteroatoms. The number of phosphoric acid groups is 1. The number of likely N-dealkylation sites (N-methyl/N-ethyl adjacent to an activating group) is 1. The molecule has 0 aliphatic carbocycles. The van der Waals surface area contributed by atoms with Crippen LogP contribution in [0.4, 0.5) is 0 Å². The topological polar surface area (TPSA) is 91.3 Å². The first-order chi connectivity index (χ1) is 17.6. The van der Waals surface area contributed by atoms with Gasteiger partial charge in [0.1, 0.15) is 19.3 Å². The minimum absolute atomic E-state index is 0.0856. The number of nitrogens with zero attached hydrogens (tertiary/aromatic N) is 1. The lowest BCUT2D eigenvalue weighted by Crippen LogP contribution is -2.37. The van der Waals surface area contributed by atoms with E-state index < -0.39 is 19.9 Å². The highest BCUT2D eigenvalue weighted by molar-refractivity contribution is 7.47. The van der Waals surface area contributed by atoms with Crippen molar-refractivity contribution in [1.82, 2.24) is 0 Å². The molecule has 0 rings (SSSR count). The summed E-state index contributed by atoms with van der Waals surface area (Å²) in [7, 11) is 1.65. The van der Waals surface area contributed by atoms with Gasteiger partial charge in [0.15, 0.2) is 0 Å². The van der Waals surface area contributed by atoms with Gasteiger partial charge in [-0.2, -0.15) is 0 Å². The molecule has 0 saturated carbocycles. The molecule has 0 aliphatic heterocycles. The highest BCUT2D eigenvalue weighted by atomic mass is 31.2. The quantitative estimate of drug-likeness (QED) is 0.0416. The van der Waals surface area contributed by atoms with Crippen LogP contribution in [0.2, 0.25) is 0 Å². The monoisotopic (exact) mass is 550 g/mol. The number of unbranched alkanes of at least 4 members (excludes halogenated alkanes) is 12. The van der Waals surface area contributed by atoms with Gasteiger partial charge in [-0.05, 0) is 32.1 Å². The molecule has 0 bridgehead atoms. The fourth-order valence-corrected chi connectivity index (χ4v) is 4.40. The van der Waals surface area contributed by atoms with Crippen LogP contribution in [0.25, 0.3) is 0 Å². The van der Waals surface area contributed by atoms with Gasteiger partial charge in [0.2, 0.25) is 0 Å². The van der Waals surface area contributed by atoms with E-state index in [2.05, 4.69) is 19.1 Å². The van der Waals surface area contributed by atoms with Crippen LogP contribution in [0, 0.1) is 0 Å². The molecular formula is C28H57NO7P+. The Morgan fingerprint density at radius 1 is 0.811 bits per heavy atom. The van der Waals surface area contributed by atoms with Gasteiger partial charge in [-0.15, -0.1) is 0 Å². The molecular weight excluding hydrogens is 493 g/mol. The lowest BCUT2D eigenvalue weighted by atomic mass is 10.1. The molecule has 0 spiro atoms. The van der Waals surface area contributed by atoms with Crippen molar-refractivity contribution < 1.29 is 37.3 Å². The number of carbonyl (C=O) groups is 1. The number of quaternary nitrogens is 1. The maximum atomic E-state index is 12.1. The van der Waals surface area contributed by atoms with Crippen LogP contribution in [0.1, 0.15) is 104 Å². The molecule has 0 aliphatic rings. The van der Waals surface area contributed by atoms with Crippen molar-refractivity contribution in [3.8, 4) is 0 Å². The third kappa shape index (κ3) is 28.1. The fourth-order valence-electron chi connectivity index (χ4n) is 3.66. The third-order valence-electron chi connectivity index (χ3n) is 5.88. The summed E-state index contributed by atoms with van der Waals surface area (Å²) in [4.78, 5) is 21.2. The van der Waals surface area contributed by atoms with Crippen molar-refractivity contribution in [2.75, 3.05) is 54.1 Å². The van der Waals surface area contributed by atoms with Gasteiger partial charge in [-0.25, -0.2) is 4.57 Å². The zero-order valence-electron chi connectivity index (χ0n) is 24.5. The maximum absolute atomic E-state index is 12.1. The summed E-state index contributed by atoms with van der Waals surface area (Å²) in [5, 5.41) is 0. The molecule has 0 heterocycles.